The number of hydrogen-bond acceptors (Lipinski definition) is 0. The molecule has 0 aliphatic rings. The smallest absolute Gasteiger partial charge is 0.0414 e. The van der Waals surface area contributed by atoms with E-state index in [0.717, 1.165) is 0 Å². The molecule has 0 aliphatic carbocycles. The Bertz CT molecular complexity index is 340. The quantitative estimate of drug-likeness (QED) is 0.662. The third-order valence-corrected chi connectivity index (χ3v) is 2.42. The van der Waals surface area contributed by atoms with Crippen LogP contribution in [0.25, 0.3) is 6.08 Å². The minimum Gasteiger partial charge on any atom is -0.359 e. The number of rotatable bonds is 2. The lowest BCUT2D eigenvalue weighted by molar-refractivity contribution is 1.22. The molecule has 1 rings (SSSR count). The van der Waals surface area contributed by atoms with Crippen LogP contribution in [-0.2, 0) is 0 Å². The monoisotopic (exact) mass is 175 g/mol. The first kappa shape index (κ1) is 9.85. The van der Waals surface area contributed by atoms with Gasteiger partial charge in [-0.3, -0.25) is 0 Å². The topological polar surface area (TPSA) is 15.8 Å². The predicted molar refractivity (Wildman–Crippen MR) is 58.9 cm³/mol. The van der Waals surface area contributed by atoms with E-state index in [1.807, 2.05) is 19.1 Å². The van der Waals surface area contributed by atoms with Crippen LogP contribution in [0.5, 0.6) is 0 Å². The SMILES string of the molecule is CC=CC=Cc1[nH]c(C)c(C)c1C. The minimum atomic E-state index is 1.22. The van der Waals surface area contributed by atoms with Crippen molar-refractivity contribution in [1.29, 1.82) is 0 Å². The number of H-pyrrole nitrogens is 1. The zero-order valence-corrected chi connectivity index (χ0v) is 8.81. The Morgan fingerprint density at radius 3 is 2.15 bits per heavy atom. The molecule has 1 heteroatoms. The van der Waals surface area contributed by atoms with Crippen molar-refractivity contribution in [2.45, 2.75) is 27.7 Å². The van der Waals surface area contributed by atoms with Crippen LogP contribution in [0.4, 0.5) is 0 Å². The van der Waals surface area contributed by atoms with Gasteiger partial charge in [-0.25, -0.2) is 0 Å². The summed E-state index contributed by atoms with van der Waals surface area (Å²) in [5, 5.41) is 0. The fraction of sp³-hybridized carbons (Fsp3) is 0.333. The van der Waals surface area contributed by atoms with E-state index in [9.17, 15) is 0 Å². The standard InChI is InChI=1S/C12H17N/c1-5-6-7-8-12-10(3)9(2)11(4)13-12/h5-8,13H,1-4H3. The van der Waals surface area contributed by atoms with Gasteiger partial charge in [-0.05, 0) is 44.9 Å². The average molecular weight is 175 g/mol. The number of aromatic amines is 1. The summed E-state index contributed by atoms with van der Waals surface area (Å²) >= 11 is 0. The highest BCUT2D eigenvalue weighted by molar-refractivity contribution is 5.54. The van der Waals surface area contributed by atoms with Crippen molar-refractivity contribution in [3.05, 3.63) is 40.7 Å². The van der Waals surface area contributed by atoms with Gasteiger partial charge in [0.05, 0.1) is 0 Å². The summed E-state index contributed by atoms with van der Waals surface area (Å²) in [4.78, 5) is 3.35. The van der Waals surface area contributed by atoms with Crippen molar-refractivity contribution in [3.63, 3.8) is 0 Å². The Morgan fingerprint density at radius 2 is 1.69 bits per heavy atom. The van der Waals surface area contributed by atoms with Crippen molar-refractivity contribution >= 4 is 6.08 Å². The van der Waals surface area contributed by atoms with Gasteiger partial charge in [-0.2, -0.15) is 0 Å². The number of aromatic nitrogens is 1. The first-order valence-corrected chi connectivity index (χ1v) is 4.62. The van der Waals surface area contributed by atoms with Gasteiger partial charge in [0.25, 0.3) is 0 Å². The molecule has 0 radical (unpaired) electrons. The third kappa shape index (κ3) is 2.11. The molecule has 0 bridgehead atoms. The molecule has 0 amide bonds. The summed E-state index contributed by atoms with van der Waals surface area (Å²) in [5.74, 6) is 0. The van der Waals surface area contributed by atoms with Gasteiger partial charge in [-0.1, -0.05) is 18.2 Å². The summed E-state index contributed by atoms with van der Waals surface area (Å²) in [5.41, 5.74) is 5.18. The molecule has 1 N–H and O–H groups in total. The van der Waals surface area contributed by atoms with Crippen LogP contribution < -0.4 is 0 Å². The second-order valence-corrected chi connectivity index (χ2v) is 3.30. The van der Waals surface area contributed by atoms with E-state index in [1.165, 1.54) is 22.5 Å². The lowest BCUT2D eigenvalue weighted by Crippen LogP contribution is -1.75. The highest BCUT2D eigenvalue weighted by atomic mass is 14.7. The Labute approximate surface area is 80.2 Å². The average Bonchev–Trinajstić information content (AvgIpc) is 2.34. The van der Waals surface area contributed by atoms with Crippen molar-refractivity contribution < 1.29 is 0 Å². The zero-order valence-electron chi connectivity index (χ0n) is 8.81. The van der Waals surface area contributed by atoms with E-state index in [-0.39, 0.29) is 0 Å². The molecule has 0 spiro atoms. The molecular weight excluding hydrogens is 158 g/mol. The van der Waals surface area contributed by atoms with Gasteiger partial charge < -0.3 is 4.98 Å². The summed E-state index contributed by atoms with van der Waals surface area (Å²) in [6.07, 6.45) is 8.21. The van der Waals surface area contributed by atoms with Crippen molar-refractivity contribution in [1.82, 2.24) is 4.98 Å². The van der Waals surface area contributed by atoms with Crippen LogP contribution in [0, 0.1) is 20.8 Å². The molecule has 1 nitrogen and oxygen atoms in total. The normalized spacial score (nSPS) is 12.0. The molecule has 1 heterocycles. The fourth-order valence-electron chi connectivity index (χ4n) is 1.30. The molecule has 1 aromatic heterocycles. The van der Waals surface area contributed by atoms with E-state index in [1.54, 1.807) is 0 Å². The number of aryl methyl sites for hydroxylation is 1. The second kappa shape index (κ2) is 4.13. The predicted octanol–water partition coefficient (Wildman–Crippen LogP) is 3.53. The first-order valence-electron chi connectivity index (χ1n) is 4.62. The van der Waals surface area contributed by atoms with Gasteiger partial charge >= 0.3 is 0 Å². The molecule has 0 aromatic carbocycles. The number of nitrogens with one attached hydrogen (secondary N) is 1. The Kier molecular flexibility index (Phi) is 3.13. The van der Waals surface area contributed by atoms with Gasteiger partial charge in [0.15, 0.2) is 0 Å². The lowest BCUT2D eigenvalue weighted by Gasteiger charge is -1.90. The molecule has 0 unspecified atom stereocenters. The van der Waals surface area contributed by atoms with E-state index in [2.05, 4.69) is 37.9 Å². The molecule has 0 atom stereocenters. The van der Waals surface area contributed by atoms with Crippen LogP contribution in [-0.4, -0.2) is 4.98 Å². The zero-order chi connectivity index (χ0) is 9.84. The summed E-state index contributed by atoms with van der Waals surface area (Å²) in [7, 11) is 0. The summed E-state index contributed by atoms with van der Waals surface area (Å²) < 4.78 is 0. The molecule has 0 aliphatic heterocycles. The van der Waals surface area contributed by atoms with Crippen LogP contribution in [0.15, 0.2) is 18.2 Å². The lowest BCUT2D eigenvalue weighted by atomic mass is 10.1. The van der Waals surface area contributed by atoms with Crippen molar-refractivity contribution in [2.75, 3.05) is 0 Å². The van der Waals surface area contributed by atoms with Crippen LogP contribution >= 0.6 is 0 Å². The summed E-state index contributed by atoms with van der Waals surface area (Å²) in [6, 6.07) is 0. The molecule has 13 heavy (non-hydrogen) atoms. The molecule has 0 saturated heterocycles. The van der Waals surface area contributed by atoms with Crippen LogP contribution in [0.3, 0.4) is 0 Å². The van der Waals surface area contributed by atoms with E-state index in [0.29, 0.717) is 0 Å². The highest BCUT2D eigenvalue weighted by Gasteiger charge is 2.03. The molecule has 0 saturated carbocycles. The van der Waals surface area contributed by atoms with Gasteiger partial charge in [0, 0.05) is 11.4 Å². The number of hydrogen-bond donors (Lipinski definition) is 1. The summed E-state index contributed by atoms with van der Waals surface area (Å²) in [6.45, 7) is 8.42. The maximum absolute atomic E-state index is 3.35. The molecule has 0 fully saturated rings. The number of allylic oxidation sites excluding steroid dienone is 3. The van der Waals surface area contributed by atoms with Crippen LogP contribution in [0.1, 0.15) is 29.4 Å². The maximum atomic E-state index is 3.35. The van der Waals surface area contributed by atoms with Crippen molar-refractivity contribution in [2.24, 2.45) is 0 Å². The van der Waals surface area contributed by atoms with Gasteiger partial charge in [-0.15, -0.1) is 0 Å². The minimum absolute atomic E-state index is 1.22. The highest BCUT2D eigenvalue weighted by Crippen LogP contribution is 2.17. The van der Waals surface area contributed by atoms with Gasteiger partial charge in [0.1, 0.15) is 0 Å². The van der Waals surface area contributed by atoms with Crippen LogP contribution in [0.2, 0.25) is 0 Å². The van der Waals surface area contributed by atoms with E-state index >= 15 is 0 Å². The Morgan fingerprint density at radius 1 is 1.00 bits per heavy atom. The van der Waals surface area contributed by atoms with E-state index < -0.39 is 0 Å². The fourth-order valence-corrected chi connectivity index (χ4v) is 1.30. The van der Waals surface area contributed by atoms with Gasteiger partial charge in [0.2, 0.25) is 0 Å². The largest absolute Gasteiger partial charge is 0.359 e. The second-order valence-electron chi connectivity index (χ2n) is 3.30. The molecule has 1 aromatic rings. The van der Waals surface area contributed by atoms with E-state index in [4.69, 9.17) is 0 Å². The van der Waals surface area contributed by atoms with Crippen molar-refractivity contribution in [3.8, 4) is 0 Å². The third-order valence-electron chi connectivity index (χ3n) is 2.42. The Balaban J connectivity index is 2.96. The maximum Gasteiger partial charge on any atom is 0.0414 e. The first-order chi connectivity index (χ1) is 6.16. The molecular formula is C12H17N. The molecule has 70 valence electrons. The Hall–Kier alpha value is -1.24.